The molecule has 1 aliphatic heterocycles. The van der Waals surface area contributed by atoms with Gasteiger partial charge in [0.15, 0.2) is 0 Å². The number of nitrogens with two attached hydrogens (primary N) is 1. The Morgan fingerprint density at radius 2 is 1.72 bits per heavy atom. The van der Waals surface area contributed by atoms with Crippen molar-refractivity contribution in [3.05, 3.63) is 71.0 Å². The molecule has 2 heterocycles. The number of anilines is 1. The molecule has 0 radical (unpaired) electrons. The summed E-state index contributed by atoms with van der Waals surface area (Å²) in [5.74, 6) is 0.603. The molecule has 170 valence electrons. The molecular formula is C24H28F3N5. The van der Waals surface area contributed by atoms with Crippen molar-refractivity contribution in [3.63, 3.8) is 0 Å². The number of piperidine rings is 1. The van der Waals surface area contributed by atoms with Crippen LogP contribution in [0.1, 0.15) is 35.4 Å². The quantitative estimate of drug-likeness (QED) is 0.482. The Bertz CT molecular complexity index is 1020. The third-order valence-corrected chi connectivity index (χ3v) is 6.01. The number of likely N-dealkylation sites (tertiary alicyclic amines) is 1. The highest BCUT2D eigenvalue weighted by atomic mass is 19.4. The SMILES string of the molecule is Cc1[nH]c(-c2ccc(C(F)(F)F)cc2)nc1CN1CCC(NCc2ccc(N)cc2)CC1. The maximum atomic E-state index is 12.8. The normalized spacial score (nSPS) is 15.9. The maximum Gasteiger partial charge on any atom is 0.416 e. The second kappa shape index (κ2) is 9.34. The number of alkyl halides is 3. The van der Waals surface area contributed by atoms with Crippen LogP contribution in [0, 0.1) is 6.92 Å². The van der Waals surface area contributed by atoms with E-state index in [0.29, 0.717) is 17.4 Å². The first kappa shape index (κ1) is 22.4. The fourth-order valence-corrected chi connectivity index (χ4v) is 4.01. The molecule has 0 amide bonds. The Balaban J connectivity index is 1.30. The summed E-state index contributed by atoms with van der Waals surface area (Å²) in [5, 5.41) is 3.62. The van der Waals surface area contributed by atoms with E-state index in [1.54, 1.807) is 0 Å². The van der Waals surface area contributed by atoms with E-state index in [9.17, 15) is 13.2 Å². The van der Waals surface area contributed by atoms with Crippen molar-refractivity contribution in [1.82, 2.24) is 20.2 Å². The number of nitrogens with one attached hydrogen (secondary N) is 2. The first-order valence-electron chi connectivity index (χ1n) is 10.8. The predicted molar refractivity (Wildman–Crippen MR) is 120 cm³/mol. The number of H-pyrrole nitrogens is 1. The van der Waals surface area contributed by atoms with Crippen LogP contribution in [0.3, 0.4) is 0 Å². The highest BCUT2D eigenvalue weighted by molar-refractivity contribution is 5.56. The minimum Gasteiger partial charge on any atom is -0.399 e. The number of benzene rings is 2. The zero-order valence-corrected chi connectivity index (χ0v) is 18.0. The first-order chi connectivity index (χ1) is 15.3. The lowest BCUT2D eigenvalue weighted by molar-refractivity contribution is -0.137. The average Bonchev–Trinajstić information content (AvgIpc) is 3.14. The molecule has 0 unspecified atom stereocenters. The molecule has 1 aromatic heterocycles. The molecular weight excluding hydrogens is 415 g/mol. The van der Waals surface area contributed by atoms with Crippen LogP contribution in [0.2, 0.25) is 0 Å². The lowest BCUT2D eigenvalue weighted by atomic mass is 10.0. The standard InChI is InChI=1S/C24H28F3N5/c1-16-22(31-23(30-16)18-4-6-19(7-5-18)24(25,26)27)15-32-12-10-21(11-13-32)29-14-17-2-8-20(28)9-3-17/h2-9,21,29H,10-15,28H2,1H3,(H,30,31). The van der Waals surface area contributed by atoms with E-state index in [1.165, 1.54) is 17.7 Å². The van der Waals surface area contributed by atoms with Gasteiger partial charge in [-0.2, -0.15) is 13.2 Å². The van der Waals surface area contributed by atoms with E-state index >= 15 is 0 Å². The smallest absolute Gasteiger partial charge is 0.399 e. The number of hydrogen-bond donors (Lipinski definition) is 3. The number of hydrogen-bond acceptors (Lipinski definition) is 4. The zero-order valence-electron chi connectivity index (χ0n) is 18.0. The molecule has 0 atom stereocenters. The van der Waals surface area contributed by atoms with Gasteiger partial charge in [0.25, 0.3) is 0 Å². The topological polar surface area (TPSA) is 70.0 Å². The Morgan fingerprint density at radius 1 is 1.06 bits per heavy atom. The Kier molecular flexibility index (Phi) is 6.53. The molecule has 0 bridgehead atoms. The van der Waals surface area contributed by atoms with Crippen LogP contribution in [-0.2, 0) is 19.3 Å². The van der Waals surface area contributed by atoms with Gasteiger partial charge in [0.1, 0.15) is 5.82 Å². The molecule has 5 nitrogen and oxygen atoms in total. The van der Waals surface area contributed by atoms with E-state index in [-0.39, 0.29) is 0 Å². The fourth-order valence-electron chi connectivity index (χ4n) is 4.01. The third kappa shape index (κ3) is 5.49. The number of imidazole rings is 1. The van der Waals surface area contributed by atoms with E-state index < -0.39 is 11.7 Å². The number of aromatic amines is 1. The second-order valence-electron chi connectivity index (χ2n) is 8.41. The maximum absolute atomic E-state index is 12.8. The van der Waals surface area contributed by atoms with Crippen molar-refractivity contribution in [2.75, 3.05) is 18.8 Å². The van der Waals surface area contributed by atoms with Gasteiger partial charge in [0.2, 0.25) is 0 Å². The highest BCUT2D eigenvalue weighted by Crippen LogP contribution is 2.30. The summed E-state index contributed by atoms with van der Waals surface area (Å²) in [5.41, 5.74) is 9.62. The highest BCUT2D eigenvalue weighted by Gasteiger charge is 2.30. The zero-order chi connectivity index (χ0) is 22.7. The summed E-state index contributed by atoms with van der Waals surface area (Å²) in [4.78, 5) is 10.3. The predicted octanol–water partition coefficient (Wildman–Crippen LogP) is 4.74. The molecule has 1 fully saturated rings. The minimum atomic E-state index is -4.33. The van der Waals surface area contributed by atoms with Crippen LogP contribution >= 0.6 is 0 Å². The summed E-state index contributed by atoms with van der Waals surface area (Å²) < 4.78 is 38.4. The average molecular weight is 444 g/mol. The van der Waals surface area contributed by atoms with E-state index in [0.717, 1.165) is 68.2 Å². The van der Waals surface area contributed by atoms with Crippen LogP contribution < -0.4 is 11.1 Å². The summed E-state index contributed by atoms with van der Waals surface area (Å²) in [6.45, 7) is 5.47. The monoisotopic (exact) mass is 443 g/mol. The van der Waals surface area contributed by atoms with Crippen molar-refractivity contribution in [2.45, 2.75) is 45.1 Å². The Labute approximate surface area is 185 Å². The van der Waals surface area contributed by atoms with Crippen LogP contribution in [0.25, 0.3) is 11.4 Å². The largest absolute Gasteiger partial charge is 0.416 e. The molecule has 0 saturated carbocycles. The van der Waals surface area contributed by atoms with Gasteiger partial charge in [0, 0.05) is 49.2 Å². The van der Waals surface area contributed by atoms with Gasteiger partial charge >= 0.3 is 6.18 Å². The molecule has 1 aliphatic rings. The van der Waals surface area contributed by atoms with Crippen molar-refractivity contribution in [3.8, 4) is 11.4 Å². The van der Waals surface area contributed by atoms with E-state index in [4.69, 9.17) is 5.73 Å². The van der Waals surface area contributed by atoms with Crippen LogP contribution in [-0.4, -0.2) is 34.0 Å². The number of rotatable bonds is 6. The van der Waals surface area contributed by atoms with E-state index in [2.05, 4.69) is 20.2 Å². The van der Waals surface area contributed by atoms with Crippen molar-refractivity contribution >= 4 is 5.69 Å². The van der Waals surface area contributed by atoms with Crippen LogP contribution in [0.4, 0.5) is 18.9 Å². The summed E-state index contributed by atoms with van der Waals surface area (Å²) in [6, 6.07) is 13.5. The molecule has 0 spiro atoms. The molecule has 8 heteroatoms. The molecule has 4 rings (SSSR count). The fraction of sp³-hybridized carbons (Fsp3) is 0.375. The van der Waals surface area contributed by atoms with Crippen molar-refractivity contribution in [1.29, 1.82) is 0 Å². The summed E-state index contributed by atoms with van der Waals surface area (Å²) in [7, 11) is 0. The summed E-state index contributed by atoms with van der Waals surface area (Å²) in [6.07, 6.45) is -2.22. The third-order valence-electron chi connectivity index (χ3n) is 6.01. The number of nitrogen functional groups attached to an aromatic ring is 1. The van der Waals surface area contributed by atoms with Crippen molar-refractivity contribution < 1.29 is 13.2 Å². The first-order valence-corrected chi connectivity index (χ1v) is 10.8. The molecule has 1 saturated heterocycles. The Morgan fingerprint density at radius 3 is 2.34 bits per heavy atom. The van der Waals surface area contributed by atoms with Gasteiger partial charge in [-0.15, -0.1) is 0 Å². The van der Waals surface area contributed by atoms with Crippen molar-refractivity contribution in [2.24, 2.45) is 0 Å². The minimum absolute atomic E-state index is 0.479. The number of halogens is 3. The summed E-state index contributed by atoms with van der Waals surface area (Å²) >= 11 is 0. The number of aromatic nitrogens is 2. The molecule has 32 heavy (non-hydrogen) atoms. The van der Waals surface area contributed by atoms with Gasteiger partial charge in [0.05, 0.1) is 11.3 Å². The van der Waals surface area contributed by atoms with Crippen LogP contribution in [0.15, 0.2) is 48.5 Å². The number of nitrogens with zero attached hydrogens (tertiary/aromatic N) is 2. The van der Waals surface area contributed by atoms with Gasteiger partial charge in [-0.1, -0.05) is 24.3 Å². The molecule has 2 aromatic carbocycles. The lowest BCUT2D eigenvalue weighted by Crippen LogP contribution is -2.42. The number of aryl methyl sites for hydroxylation is 1. The van der Waals surface area contributed by atoms with Crippen LogP contribution in [0.5, 0.6) is 0 Å². The van der Waals surface area contributed by atoms with E-state index in [1.807, 2.05) is 31.2 Å². The Hall–Kier alpha value is -2.84. The molecule has 4 N–H and O–H groups in total. The second-order valence-corrected chi connectivity index (χ2v) is 8.41. The van der Waals surface area contributed by atoms with Gasteiger partial charge in [-0.05, 0) is 49.6 Å². The lowest BCUT2D eigenvalue weighted by Gasteiger charge is -2.32. The van der Waals surface area contributed by atoms with Gasteiger partial charge in [-0.25, -0.2) is 4.98 Å². The molecule has 3 aromatic rings. The molecule has 0 aliphatic carbocycles. The van der Waals surface area contributed by atoms with Gasteiger partial charge < -0.3 is 16.0 Å². The van der Waals surface area contributed by atoms with Gasteiger partial charge in [-0.3, -0.25) is 4.90 Å².